The van der Waals surface area contributed by atoms with Crippen LogP contribution >= 0.6 is 0 Å². The second-order valence-corrected chi connectivity index (χ2v) is 5.94. The lowest BCUT2D eigenvalue weighted by molar-refractivity contribution is -0.384. The van der Waals surface area contributed by atoms with E-state index in [9.17, 15) is 19.7 Å². The molecule has 9 heteroatoms. The molecule has 9 nitrogen and oxygen atoms in total. The minimum atomic E-state index is -0.699. The average Bonchev–Trinajstić information content (AvgIpc) is 2.73. The van der Waals surface area contributed by atoms with Crippen molar-refractivity contribution < 1.29 is 19.3 Å². The van der Waals surface area contributed by atoms with Gasteiger partial charge in [-0.2, -0.15) is 4.73 Å². The number of methoxy groups -OCH3 is 1. The van der Waals surface area contributed by atoms with Crippen LogP contribution in [0.2, 0.25) is 0 Å². The topological polar surface area (TPSA) is 113 Å². The number of nitro groups is 1. The van der Waals surface area contributed by atoms with Crippen molar-refractivity contribution in [1.29, 1.82) is 0 Å². The molecule has 1 aromatic heterocycles. The Morgan fingerprint density at radius 3 is 2.69 bits per heavy atom. The molecule has 29 heavy (non-hydrogen) atoms. The zero-order valence-electron chi connectivity index (χ0n) is 15.4. The summed E-state index contributed by atoms with van der Waals surface area (Å²) in [4.78, 5) is 40.8. The summed E-state index contributed by atoms with van der Waals surface area (Å²) in [6.07, 6.45) is 1.40. The highest BCUT2D eigenvalue weighted by Gasteiger charge is 2.14. The van der Waals surface area contributed by atoms with Gasteiger partial charge in [0.1, 0.15) is 17.9 Å². The zero-order chi connectivity index (χ0) is 20.8. The summed E-state index contributed by atoms with van der Waals surface area (Å²) in [7, 11) is 1.55. The van der Waals surface area contributed by atoms with Gasteiger partial charge in [0, 0.05) is 24.0 Å². The first kappa shape index (κ1) is 19.6. The van der Waals surface area contributed by atoms with Gasteiger partial charge in [0.25, 0.3) is 17.2 Å². The Balaban J connectivity index is 1.75. The molecule has 0 aliphatic heterocycles. The molecule has 1 amide bonds. The third-order valence-corrected chi connectivity index (χ3v) is 3.98. The van der Waals surface area contributed by atoms with E-state index in [2.05, 4.69) is 5.32 Å². The fraction of sp³-hybridized carbons (Fsp3) is 0.100. The number of non-ortho nitro benzene ring substituents is 1. The van der Waals surface area contributed by atoms with Crippen molar-refractivity contribution in [3.63, 3.8) is 0 Å². The van der Waals surface area contributed by atoms with Crippen LogP contribution in [-0.4, -0.2) is 22.7 Å². The summed E-state index contributed by atoms with van der Waals surface area (Å²) < 4.78 is 6.10. The molecule has 0 unspecified atom stereocenters. The molecule has 0 aliphatic carbocycles. The van der Waals surface area contributed by atoms with Crippen molar-refractivity contribution in [1.82, 2.24) is 4.73 Å². The lowest BCUT2D eigenvalue weighted by atomic mass is 10.2. The number of nitrogens with zero attached hydrogens (tertiary/aromatic N) is 2. The predicted molar refractivity (Wildman–Crippen MR) is 105 cm³/mol. The van der Waals surface area contributed by atoms with Gasteiger partial charge >= 0.3 is 0 Å². The second kappa shape index (κ2) is 8.70. The van der Waals surface area contributed by atoms with E-state index in [0.717, 1.165) is 10.3 Å². The van der Waals surface area contributed by atoms with Crippen LogP contribution < -0.4 is 20.5 Å². The molecule has 0 saturated carbocycles. The Bertz CT molecular complexity index is 1110. The number of rotatable bonds is 7. The van der Waals surface area contributed by atoms with Crippen LogP contribution in [0.25, 0.3) is 0 Å². The Morgan fingerprint density at radius 1 is 1.14 bits per heavy atom. The highest BCUT2D eigenvalue weighted by molar-refractivity contribution is 6.04. The smallest absolute Gasteiger partial charge is 0.295 e. The molecule has 0 atom stereocenters. The van der Waals surface area contributed by atoms with E-state index < -0.39 is 16.4 Å². The molecule has 2 aromatic carbocycles. The Labute approximate surface area is 165 Å². The lowest BCUT2D eigenvalue weighted by Crippen LogP contribution is -2.32. The average molecular weight is 395 g/mol. The van der Waals surface area contributed by atoms with E-state index in [-0.39, 0.29) is 23.5 Å². The van der Waals surface area contributed by atoms with E-state index in [4.69, 9.17) is 9.57 Å². The number of nitrogens with one attached hydrogen (secondary N) is 1. The van der Waals surface area contributed by atoms with Crippen LogP contribution in [0, 0.1) is 10.1 Å². The first-order valence-electron chi connectivity index (χ1n) is 8.51. The number of anilines is 1. The Kier molecular flexibility index (Phi) is 5.88. The third-order valence-electron chi connectivity index (χ3n) is 3.98. The predicted octanol–water partition coefficient (Wildman–Crippen LogP) is 2.65. The van der Waals surface area contributed by atoms with Gasteiger partial charge in [-0.3, -0.25) is 19.7 Å². The van der Waals surface area contributed by atoms with Crippen molar-refractivity contribution in [3.05, 3.63) is 98.5 Å². The summed E-state index contributed by atoms with van der Waals surface area (Å²) >= 11 is 0. The van der Waals surface area contributed by atoms with Crippen LogP contribution in [0.4, 0.5) is 11.4 Å². The van der Waals surface area contributed by atoms with Crippen LogP contribution in [0.1, 0.15) is 15.9 Å². The lowest BCUT2D eigenvalue weighted by Gasteiger charge is -2.11. The molecule has 3 aromatic rings. The third kappa shape index (κ3) is 4.78. The summed E-state index contributed by atoms with van der Waals surface area (Å²) in [6, 6.07) is 15.4. The number of aromatic nitrogens is 1. The van der Waals surface area contributed by atoms with Crippen LogP contribution in [-0.2, 0) is 6.61 Å². The molecule has 0 fully saturated rings. The number of amides is 1. The van der Waals surface area contributed by atoms with Gasteiger partial charge in [-0.15, -0.1) is 0 Å². The molecule has 1 N–H and O–H groups in total. The largest absolute Gasteiger partial charge is 0.497 e. The Hall–Kier alpha value is -4.14. The standard InChI is InChI=1S/C20H17N3O6/c1-28-17-8-2-5-14(11-17)13-29-22-10-4-9-18(20(22)25)19(24)21-15-6-3-7-16(12-15)23(26)27/h2-12H,13H2,1H3,(H,21,24). The van der Waals surface area contributed by atoms with Gasteiger partial charge in [-0.1, -0.05) is 18.2 Å². The molecule has 0 bridgehead atoms. The number of ether oxygens (including phenoxy) is 1. The number of nitro benzene ring substituents is 1. The molecule has 0 aliphatic rings. The molecule has 0 saturated heterocycles. The molecule has 148 valence electrons. The van der Waals surface area contributed by atoms with Crippen molar-refractivity contribution in [2.45, 2.75) is 6.61 Å². The fourth-order valence-electron chi connectivity index (χ4n) is 2.55. The SMILES string of the molecule is COc1cccc(COn2cccc(C(=O)Nc3cccc([N+](=O)[O-])c3)c2=O)c1. The minimum absolute atomic E-state index is 0.0903. The second-order valence-electron chi connectivity index (χ2n) is 5.94. The zero-order valence-corrected chi connectivity index (χ0v) is 15.4. The van der Waals surface area contributed by atoms with Crippen LogP contribution in [0.15, 0.2) is 71.7 Å². The normalized spacial score (nSPS) is 10.2. The van der Waals surface area contributed by atoms with Crippen molar-refractivity contribution in [2.24, 2.45) is 0 Å². The van der Waals surface area contributed by atoms with Crippen LogP contribution in [0.3, 0.4) is 0 Å². The first-order chi connectivity index (χ1) is 14.0. The fourth-order valence-corrected chi connectivity index (χ4v) is 2.55. The monoisotopic (exact) mass is 395 g/mol. The number of carbonyl (C=O) groups is 1. The van der Waals surface area contributed by atoms with Crippen molar-refractivity contribution in [3.8, 4) is 5.75 Å². The van der Waals surface area contributed by atoms with Crippen molar-refractivity contribution in [2.75, 3.05) is 12.4 Å². The molecule has 1 heterocycles. The number of pyridine rings is 1. The summed E-state index contributed by atoms with van der Waals surface area (Å²) in [5.41, 5.74) is -0.00290. The van der Waals surface area contributed by atoms with E-state index in [1.165, 1.54) is 42.6 Å². The molecule has 0 radical (unpaired) electrons. The quantitative estimate of drug-likeness (QED) is 0.486. The number of hydrogen-bond donors (Lipinski definition) is 1. The highest BCUT2D eigenvalue weighted by Crippen LogP contribution is 2.17. The molecule has 3 rings (SSSR count). The maximum atomic E-state index is 12.6. The van der Waals surface area contributed by atoms with Gasteiger partial charge in [-0.05, 0) is 35.9 Å². The van der Waals surface area contributed by atoms with Gasteiger partial charge in [-0.25, -0.2) is 0 Å². The minimum Gasteiger partial charge on any atom is -0.497 e. The number of carbonyl (C=O) groups excluding carboxylic acids is 1. The van der Waals surface area contributed by atoms with E-state index in [1.54, 1.807) is 25.3 Å². The molecular formula is C20H17N3O6. The van der Waals surface area contributed by atoms with E-state index in [0.29, 0.717) is 5.75 Å². The molecule has 0 spiro atoms. The maximum Gasteiger partial charge on any atom is 0.295 e. The summed E-state index contributed by atoms with van der Waals surface area (Å²) in [5.74, 6) is -0.0432. The number of hydrogen-bond acceptors (Lipinski definition) is 6. The van der Waals surface area contributed by atoms with Gasteiger partial charge < -0.3 is 14.9 Å². The van der Waals surface area contributed by atoms with Gasteiger partial charge in [0.05, 0.1) is 12.0 Å². The maximum absolute atomic E-state index is 12.6. The summed E-state index contributed by atoms with van der Waals surface area (Å²) in [6.45, 7) is 0.0903. The van der Waals surface area contributed by atoms with Crippen LogP contribution in [0.5, 0.6) is 5.75 Å². The summed E-state index contributed by atoms with van der Waals surface area (Å²) in [5, 5.41) is 13.3. The first-order valence-corrected chi connectivity index (χ1v) is 8.51. The Morgan fingerprint density at radius 2 is 1.93 bits per heavy atom. The number of benzene rings is 2. The van der Waals surface area contributed by atoms with Gasteiger partial charge in [0.2, 0.25) is 0 Å². The van der Waals surface area contributed by atoms with E-state index in [1.807, 2.05) is 6.07 Å². The van der Waals surface area contributed by atoms with E-state index >= 15 is 0 Å². The highest BCUT2D eigenvalue weighted by atomic mass is 16.7. The van der Waals surface area contributed by atoms with Crippen molar-refractivity contribution >= 4 is 17.3 Å². The molecular weight excluding hydrogens is 378 g/mol. The van der Waals surface area contributed by atoms with Gasteiger partial charge in [0.15, 0.2) is 0 Å².